The molecular weight excluding hydrogens is 156 g/mol. The third-order valence-corrected chi connectivity index (χ3v) is 3.70. The normalized spacial score (nSPS) is 31.1. The smallest absolute Gasteiger partial charge is 0.0171 e. The molecule has 11 heavy (non-hydrogen) atoms. The highest BCUT2D eigenvalue weighted by atomic mass is 32.2. The Morgan fingerprint density at radius 2 is 2.00 bits per heavy atom. The van der Waals surface area contributed by atoms with Crippen molar-refractivity contribution in [3.05, 3.63) is 0 Å². The molecule has 3 heteroatoms. The molecule has 1 spiro atoms. The maximum absolute atomic E-state index is 2.49. The molecular formula is C8H16N2S. The average molecular weight is 172 g/mol. The maximum atomic E-state index is 2.49. The minimum Gasteiger partial charge on any atom is -0.305 e. The van der Waals surface area contributed by atoms with Crippen LogP contribution in [-0.4, -0.2) is 48.7 Å². The summed E-state index contributed by atoms with van der Waals surface area (Å²) < 4.78 is 2.49. The number of likely N-dealkylation sites (tertiary alicyclic amines) is 1. The first-order chi connectivity index (χ1) is 5.24. The van der Waals surface area contributed by atoms with Gasteiger partial charge in [0.2, 0.25) is 0 Å². The molecule has 2 saturated heterocycles. The minimum atomic E-state index is 0.692. The lowest BCUT2D eigenvalue weighted by atomic mass is 9.80. The van der Waals surface area contributed by atoms with Crippen LogP contribution < -0.4 is 0 Å². The number of hydrogen-bond acceptors (Lipinski definition) is 3. The number of rotatable bonds is 1. The lowest BCUT2D eigenvalue weighted by Crippen LogP contribution is -2.55. The first-order valence-electron chi connectivity index (χ1n) is 4.22. The number of nitrogens with zero attached hydrogens (tertiary/aromatic N) is 2. The van der Waals surface area contributed by atoms with Crippen molar-refractivity contribution >= 4 is 11.9 Å². The quantitative estimate of drug-likeness (QED) is 0.543. The highest BCUT2D eigenvalue weighted by Gasteiger charge is 2.45. The maximum Gasteiger partial charge on any atom is 0.0171 e. The molecule has 2 heterocycles. The fourth-order valence-corrected chi connectivity index (χ4v) is 3.08. The summed E-state index contributed by atoms with van der Waals surface area (Å²) >= 11 is 1.90. The van der Waals surface area contributed by atoms with Crippen LogP contribution in [0.5, 0.6) is 0 Å². The van der Waals surface area contributed by atoms with Crippen molar-refractivity contribution < 1.29 is 0 Å². The van der Waals surface area contributed by atoms with E-state index in [-0.39, 0.29) is 0 Å². The van der Waals surface area contributed by atoms with Gasteiger partial charge in [0.25, 0.3) is 0 Å². The molecule has 0 unspecified atom stereocenters. The fourth-order valence-electron chi connectivity index (χ4n) is 2.41. The predicted molar refractivity (Wildman–Crippen MR) is 49.6 cm³/mol. The Morgan fingerprint density at radius 3 is 2.45 bits per heavy atom. The van der Waals surface area contributed by atoms with Crippen molar-refractivity contribution in [3.8, 4) is 0 Å². The standard InChI is InChI=1S/C8H16N2S/c1-9-5-8(6-9)3-4-10(7-8)11-2/h3-7H2,1-2H3. The SMILES string of the molecule is CSN1CCC2(CN(C)C2)C1. The van der Waals surface area contributed by atoms with Crippen LogP contribution in [0.2, 0.25) is 0 Å². The van der Waals surface area contributed by atoms with Crippen LogP contribution in [0.15, 0.2) is 0 Å². The molecule has 2 aliphatic rings. The van der Waals surface area contributed by atoms with E-state index in [1.54, 1.807) is 0 Å². The van der Waals surface area contributed by atoms with Crippen LogP contribution in [0.3, 0.4) is 0 Å². The third kappa shape index (κ3) is 1.30. The van der Waals surface area contributed by atoms with E-state index in [4.69, 9.17) is 0 Å². The predicted octanol–water partition coefficient (Wildman–Crippen LogP) is 0.902. The van der Waals surface area contributed by atoms with E-state index >= 15 is 0 Å². The molecule has 0 saturated carbocycles. The summed E-state index contributed by atoms with van der Waals surface area (Å²) in [7, 11) is 2.22. The van der Waals surface area contributed by atoms with Crippen molar-refractivity contribution in [2.45, 2.75) is 6.42 Å². The highest BCUT2D eigenvalue weighted by molar-refractivity contribution is 7.96. The minimum absolute atomic E-state index is 0.692. The molecule has 0 radical (unpaired) electrons. The summed E-state index contributed by atoms with van der Waals surface area (Å²) in [4.78, 5) is 2.42. The van der Waals surface area contributed by atoms with Gasteiger partial charge < -0.3 is 4.90 Å². The van der Waals surface area contributed by atoms with Crippen LogP contribution in [-0.2, 0) is 0 Å². The van der Waals surface area contributed by atoms with Gasteiger partial charge in [-0.3, -0.25) is 4.31 Å². The van der Waals surface area contributed by atoms with Crippen LogP contribution >= 0.6 is 11.9 Å². The van der Waals surface area contributed by atoms with E-state index in [0.29, 0.717) is 5.41 Å². The summed E-state index contributed by atoms with van der Waals surface area (Å²) in [5, 5.41) is 0. The van der Waals surface area contributed by atoms with Gasteiger partial charge >= 0.3 is 0 Å². The van der Waals surface area contributed by atoms with E-state index in [9.17, 15) is 0 Å². The molecule has 0 atom stereocenters. The Hall–Kier alpha value is 0.270. The van der Waals surface area contributed by atoms with Crippen molar-refractivity contribution in [2.24, 2.45) is 5.41 Å². The second-order valence-corrected chi connectivity index (χ2v) is 4.85. The van der Waals surface area contributed by atoms with Gasteiger partial charge in [-0.15, -0.1) is 0 Å². The zero-order valence-corrected chi connectivity index (χ0v) is 8.15. The molecule has 0 bridgehead atoms. The van der Waals surface area contributed by atoms with Crippen molar-refractivity contribution in [1.82, 2.24) is 9.21 Å². The van der Waals surface area contributed by atoms with Gasteiger partial charge in [0, 0.05) is 31.6 Å². The molecule has 2 fully saturated rings. The number of hydrogen-bond donors (Lipinski definition) is 0. The molecule has 0 aromatic heterocycles. The Morgan fingerprint density at radius 1 is 1.27 bits per heavy atom. The Kier molecular flexibility index (Phi) is 1.90. The van der Waals surface area contributed by atoms with Gasteiger partial charge in [0.05, 0.1) is 0 Å². The van der Waals surface area contributed by atoms with E-state index in [1.807, 2.05) is 11.9 Å². The summed E-state index contributed by atoms with van der Waals surface area (Å²) in [6.45, 7) is 5.27. The van der Waals surface area contributed by atoms with Crippen LogP contribution in [0.4, 0.5) is 0 Å². The van der Waals surface area contributed by atoms with Gasteiger partial charge in [0.1, 0.15) is 0 Å². The molecule has 2 aliphatic heterocycles. The molecule has 0 aromatic carbocycles. The van der Waals surface area contributed by atoms with Gasteiger partial charge in [-0.25, -0.2) is 0 Å². The van der Waals surface area contributed by atoms with Crippen LogP contribution in [0.1, 0.15) is 6.42 Å². The molecule has 64 valence electrons. The van der Waals surface area contributed by atoms with Gasteiger partial charge in [-0.05, 0) is 19.7 Å². The summed E-state index contributed by atoms with van der Waals surface area (Å²) in [6, 6.07) is 0. The summed E-state index contributed by atoms with van der Waals surface area (Å²) in [5.74, 6) is 0. The van der Waals surface area contributed by atoms with E-state index in [1.165, 1.54) is 32.6 Å². The molecule has 0 aromatic rings. The zero-order valence-electron chi connectivity index (χ0n) is 7.34. The Labute approximate surface area is 73.1 Å². The monoisotopic (exact) mass is 172 g/mol. The zero-order chi connectivity index (χ0) is 7.90. The summed E-state index contributed by atoms with van der Waals surface area (Å²) in [6.07, 6.45) is 3.60. The lowest BCUT2D eigenvalue weighted by Gasteiger charge is -2.46. The van der Waals surface area contributed by atoms with Crippen molar-refractivity contribution in [3.63, 3.8) is 0 Å². The van der Waals surface area contributed by atoms with Gasteiger partial charge in [-0.2, -0.15) is 0 Å². The largest absolute Gasteiger partial charge is 0.305 e. The Balaban J connectivity index is 1.89. The van der Waals surface area contributed by atoms with Crippen molar-refractivity contribution in [2.75, 3.05) is 39.5 Å². The molecule has 0 amide bonds. The molecule has 0 aliphatic carbocycles. The van der Waals surface area contributed by atoms with Crippen LogP contribution in [0, 0.1) is 5.41 Å². The molecule has 2 rings (SSSR count). The van der Waals surface area contributed by atoms with Crippen molar-refractivity contribution in [1.29, 1.82) is 0 Å². The molecule has 0 N–H and O–H groups in total. The third-order valence-electron chi connectivity index (χ3n) is 2.87. The lowest BCUT2D eigenvalue weighted by molar-refractivity contribution is 0.0369. The topological polar surface area (TPSA) is 6.48 Å². The fraction of sp³-hybridized carbons (Fsp3) is 1.00. The molecule has 2 nitrogen and oxygen atoms in total. The van der Waals surface area contributed by atoms with E-state index in [0.717, 1.165) is 0 Å². The van der Waals surface area contributed by atoms with E-state index < -0.39 is 0 Å². The Bertz CT molecular complexity index is 154. The first kappa shape index (κ1) is 7.90. The van der Waals surface area contributed by atoms with Gasteiger partial charge in [-0.1, -0.05) is 11.9 Å². The average Bonchev–Trinajstić information content (AvgIpc) is 2.31. The second-order valence-electron chi connectivity index (χ2n) is 3.97. The summed E-state index contributed by atoms with van der Waals surface area (Å²) in [5.41, 5.74) is 0.692. The van der Waals surface area contributed by atoms with E-state index in [2.05, 4.69) is 22.5 Å². The second kappa shape index (κ2) is 2.64. The first-order valence-corrected chi connectivity index (χ1v) is 5.40. The highest BCUT2D eigenvalue weighted by Crippen LogP contribution is 2.40. The van der Waals surface area contributed by atoms with Gasteiger partial charge in [0.15, 0.2) is 0 Å². The van der Waals surface area contributed by atoms with Crippen LogP contribution in [0.25, 0.3) is 0 Å².